The molecule has 0 amide bonds. The van der Waals surface area contributed by atoms with E-state index in [-0.39, 0.29) is 0 Å². The monoisotopic (exact) mass is 250 g/mol. The van der Waals surface area contributed by atoms with Crippen LogP contribution in [0.5, 0.6) is 0 Å². The number of hydrogen-bond acceptors (Lipinski definition) is 3. The number of anilines is 1. The number of nitrogens with zero attached hydrogens (tertiary/aromatic N) is 1. The third-order valence-electron chi connectivity index (χ3n) is 3.00. The molecule has 1 aromatic rings. The van der Waals surface area contributed by atoms with Crippen LogP contribution in [0.25, 0.3) is 0 Å². The maximum atomic E-state index is 10.7. The van der Waals surface area contributed by atoms with Crippen LogP contribution in [-0.4, -0.2) is 29.7 Å². The van der Waals surface area contributed by atoms with Gasteiger partial charge in [0.2, 0.25) is 0 Å². The second-order valence-electron chi connectivity index (χ2n) is 4.70. The highest BCUT2D eigenvalue weighted by Crippen LogP contribution is 2.18. The highest BCUT2D eigenvalue weighted by Gasteiger charge is 2.13. The predicted molar refractivity (Wildman–Crippen MR) is 73.9 cm³/mol. The van der Waals surface area contributed by atoms with Gasteiger partial charge in [0.25, 0.3) is 0 Å². The number of rotatable bonds is 6. The molecule has 3 N–H and O–H groups in total. The number of carbonyl (C=O) groups is 1. The molecule has 0 aromatic heterocycles. The van der Waals surface area contributed by atoms with E-state index >= 15 is 0 Å². The van der Waals surface area contributed by atoms with Gasteiger partial charge in [0, 0.05) is 18.3 Å². The highest BCUT2D eigenvalue weighted by atomic mass is 16.4. The molecule has 100 valence electrons. The summed E-state index contributed by atoms with van der Waals surface area (Å²) in [5.41, 5.74) is 7.62. The lowest BCUT2D eigenvalue weighted by atomic mass is 10.1. The summed E-state index contributed by atoms with van der Waals surface area (Å²) in [6.45, 7) is 7.37. The molecule has 1 rings (SSSR count). The number of hydrogen-bond donors (Lipinski definition) is 2. The van der Waals surface area contributed by atoms with Crippen LogP contribution in [0.2, 0.25) is 0 Å². The van der Waals surface area contributed by atoms with Crippen molar-refractivity contribution in [2.24, 2.45) is 5.73 Å². The Bertz CT molecular complexity index is 387. The maximum Gasteiger partial charge on any atom is 0.320 e. The number of nitrogens with two attached hydrogens (primary N) is 1. The van der Waals surface area contributed by atoms with E-state index in [9.17, 15) is 4.79 Å². The minimum atomic E-state index is -0.962. The Labute approximate surface area is 108 Å². The third kappa shape index (κ3) is 3.74. The van der Waals surface area contributed by atoms with Crippen molar-refractivity contribution in [1.82, 2.24) is 0 Å². The fraction of sp³-hybridized carbons (Fsp3) is 0.500. The number of aliphatic carboxylic acids is 1. The molecule has 0 aliphatic rings. The molecule has 0 radical (unpaired) electrons. The first-order valence-electron chi connectivity index (χ1n) is 6.29. The minimum Gasteiger partial charge on any atom is -0.480 e. The summed E-state index contributed by atoms with van der Waals surface area (Å²) < 4.78 is 0. The van der Waals surface area contributed by atoms with Crippen molar-refractivity contribution >= 4 is 11.7 Å². The molecular formula is C14H22N2O2. The van der Waals surface area contributed by atoms with Crippen LogP contribution in [0.1, 0.15) is 26.3 Å². The maximum absolute atomic E-state index is 10.7. The molecule has 0 bridgehead atoms. The van der Waals surface area contributed by atoms with Crippen LogP contribution in [-0.2, 0) is 11.2 Å². The van der Waals surface area contributed by atoms with Gasteiger partial charge in [-0.25, -0.2) is 0 Å². The summed E-state index contributed by atoms with van der Waals surface area (Å²) in [5.74, 6) is -0.962. The third-order valence-corrected chi connectivity index (χ3v) is 3.00. The fourth-order valence-electron chi connectivity index (χ4n) is 2.01. The summed E-state index contributed by atoms with van der Waals surface area (Å²) in [7, 11) is 0. The van der Waals surface area contributed by atoms with Crippen molar-refractivity contribution in [3.05, 3.63) is 29.8 Å². The lowest BCUT2D eigenvalue weighted by Gasteiger charge is -2.27. The largest absolute Gasteiger partial charge is 0.480 e. The van der Waals surface area contributed by atoms with Crippen molar-refractivity contribution in [3.63, 3.8) is 0 Å². The molecule has 0 aliphatic heterocycles. The lowest BCUT2D eigenvalue weighted by molar-refractivity contribution is -0.138. The van der Waals surface area contributed by atoms with E-state index in [1.54, 1.807) is 0 Å². The van der Waals surface area contributed by atoms with E-state index in [2.05, 4.69) is 25.7 Å². The van der Waals surface area contributed by atoms with Gasteiger partial charge in [0.15, 0.2) is 0 Å². The van der Waals surface area contributed by atoms with Crippen LogP contribution in [0.15, 0.2) is 24.3 Å². The standard InChI is InChI=1S/C14H22N2O2/c1-4-16(10(2)3)12-7-5-11(6-8-12)9-13(15)14(17)18/h5-8,10,13H,4,9,15H2,1-3H3,(H,17,18)/t13-/m0/s1. The first-order chi connectivity index (χ1) is 8.45. The van der Waals surface area contributed by atoms with Crippen LogP contribution < -0.4 is 10.6 Å². The van der Waals surface area contributed by atoms with Gasteiger partial charge in [-0.15, -0.1) is 0 Å². The Morgan fingerprint density at radius 1 is 1.33 bits per heavy atom. The van der Waals surface area contributed by atoms with Crippen molar-refractivity contribution in [1.29, 1.82) is 0 Å². The molecule has 0 heterocycles. The second-order valence-corrected chi connectivity index (χ2v) is 4.70. The lowest BCUT2D eigenvalue weighted by Crippen LogP contribution is -2.32. The SMILES string of the molecule is CCN(c1ccc(C[C@H](N)C(=O)O)cc1)C(C)C. The summed E-state index contributed by atoms with van der Waals surface area (Å²) >= 11 is 0. The quantitative estimate of drug-likeness (QED) is 0.809. The molecule has 0 unspecified atom stereocenters. The average molecular weight is 250 g/mol. The van der Waals surface area contributed by atoms with E-state index in [1.165, 1.54) is 0 Å². The second kappa shape index (κ2) is 6.40. The van der Waals surface area contributed by atoms with Gasteiger partial charge in [0.05, 0.1) is 0 Å². The van der Waals surface area contributed by atoms with Gasteiger partial charge in [-0.1, -0.05) is 12.1 Å². The summed E-state index contributed by atoms with van der Waals surface area (Å²) in [6, 6.07) is 7.55. The Hall–Kier alpha value is -1.55. The first kappa shape index (κ1) is 14.5. The van der Waals surface area contributed by atoms with Crippen molar-refractivity contribution in [2.75, 3.05) is 11.4 Å². The molecule has 0 saturated carbocycles. The molecule has 1 atom stereocenters. The topological polar surface area (TPSA) is 66.6 Å². The molecule has 18 heavy (non-hydrogen) atoms. The summed E-state index contributed by atoms with van der Waals surface area (Å²) in [6.07, 6.45) is 0.365. The Morgan fingerprint density at radius 2 is 1.89 bits per heavy atom. The summed E-state index contributed by atoms with van der Waals surface area (Å²) in [4.78, 5) is 13.0. The summed E-state index contributed by atoms with van der Waals surface area (Å²) in [5, 5.41) is 8.76. The Balaban J connectivity index is 2.76. The van der Waals surface area contributed by atoms with Gasteiger partial charge in [-0.3, -0.25) is 4.79 Å². The van der Waals surface area contributed by atoms with E-state index in [1.807, 2.05) is 24.3 Å². The number of carboxylic acids is 1. The zero-order valence-corrected chi connectivity index (χ0v) is 11.3. The number of carboxylic acid groups (broad SMARTS) is 1. The van der Waals surface area contributed by atoms with Gasteiger partial charge >= 0.3 is 5.97 Å². The zero-order valence-electron chi connectivity index (χ0n) is 11.3. The van der Waals surface area contributed by atoms with Crippen LogP contribution >= 0.6 is 0 Å². The Morgan fingerprint density at radius 3 is 2.28 bits per heavy atom. The first-order valence-corrected chi connectivity index (χ1v) is 6.29. The van der Waals surface area contributed by atoms with Crippen molar-refractivity contribution in [3.8, 4) is 0 Å². The van der Waals surface area contributed by atoms with Crippen LogP contribution in [0.4, 0.5) is 5.69 Å². The van der Waals surface area contributed by atoms with E-state index < -0.39 is 12.0 Å². The fourth-order valence-corrected chi connectivity index (χ4v) is 2.01. The van der Waals surface area contributed by atoms with E-state index in [0.29, 0.717) is 12.5 Å². The predicted octanol–water partition coefficient (Wildman–Crippen LogP) is 1.88. The molecule has 0 spiro atoms. The highest BCUT2D eigenvalue weighted by molar-refractivity contribution is 5.73. The van der Waals surface area contributed by atoms with Gasteiger partial charge in [0.1, 0.15) is 6.04 Å². The molecular weight excluding hydrogens is 228 g/mol. The van der Waals surface area contributed by atoms with Crippen molar-refractivity contribution < 1.29 is 9.90 Å². The minimum absolute atomic E-state index is 0.365. The molecule has 4 heteroatoms. The van der Waals surface area contributed by atoms with E-state index in [4.69, 9.17) is 10.8 Å². The van der Waals surface area contributed by atoms with Gasteiger partial charge in [-0.05, 0) is 44.9 Å². The molecule has 1 aromatic carbocycles. The van der Waals surface area contributed by atoms with Gasteiger partial charge < -0.3 is 15.7 Å². The molecule has 0 fully saturated rings. The van der Waals surface area contributed by atoms with Crippen LogP contribution in [0, 0.1) is 0 Å². The van der Waals surface area contributed by atoms with Crippen LogP contribution in [0.3, 0.4) is 0 Å². The van der Waals surface area contributed by atoms with E-state index in [0.717, 1.165) is 17.8 Å². The smallest absolute Gasteiger partial charge is 0.320 e. The zero-order chi connectivity index (χ0) is 13.7. The normalized spacial score (nSPS) is 12.5. The molecule has 0 saturated heterocycles. The Kier molecular flexibility index (Phi) is 5.16. The van der Waals surface area contributed by atoms with Gasteiger partial charge in [-0.2, -0.15) is 0 Å². The van der Waals surface area contributed by atoms with Crippen molar-refractivity contribution in [2.45, 2.75) is 39.3 Å². The molecule has 4 nitrogen and oxygen atoms in total. The molecule has 0 aliphatic carbocycles. The number of benzene rings is 1. The average Bonchev–Trinajstić information content (AvgIpc) is 2.31.